The first-order valence-electron chi connectivity index (χ1n) is 4.52. The summed E-state index contributed by atoms with van der Waals surface area (Å²) in [6.45, 7) is 1.55. The Hall–Kier alpha value is -0.310. The highest BCUT2D eigenvalue weighted by Crippen LogP contribution is 2.32. The zero-order valence-corrected chi connectivity index (χ0v) is 9.36. The van der Waals surface area contributed by atoms with Crippen LogP contribution in [0.1, 0.15) is 19.3 Å². The maximum absolute atomic E-state index is 10.8. The molecule has 1 heterocycles. The van der Waals surface area contributed by atoms with Gasteiger partial charge in [0.1, 0.15) is 0 Å². The van der Waals surface area contributed by atoms with E-state index in [1.807, 2.05) is 0 Å². The van der Waals surface area contributed by atoms with Crippen molar-refractivity contribution in [3.05, 3.63) is 0 Å². The maximum atomic E-state index is 10.8. The Morgan fingerprint density at radius 1 is 1.43 bits per heavy atom. The van der Waals surface area contributed by atoms with Gasteiger partial charge < -0.3 is 5.32 Å². The van der Waals surface area contributed by atoms with Gasteiger partial charge in [-0.05, 0) is 32.4 Å². The van der Waals surface area contributed by atoms with Gasteiger partial charge in [-0.15, -0.1) is 0 Å². The summed E-state index contributed by atoms with van der Waals surface area (Å²) >= 11 is 0. The number of rotatable bonds is 3. The van der Waals surface area contributed by atoms with Gasteiger partial charge in [0.15, 0.2) is 0 Å². The Morgan fingerprint density at radius 3 is 2.43 bits per heavy atom. The summed E-state index contributed by atoms with van der Waals surface area (Å²) in [6, 6.07) is 2.23. The van der Waals surface area contributed by atoms with Gasteiger partial charge in [-0.1, -0.05) is 0 Å². The van der Waals surface area contributed by atoms with Crippen molar-refractivity contribution >= 4 is 19.7 Å². The van der Waals surface area contributed by atoms with Crippen LogP contribution in [0.25, 0.3) is 0 Å². The molecule has 0 bridgehead atoms. The zero-order chi connectivity index (χ0) is 10.7. The first-order valence-corrected chi connectivity index (χ1v) is 7.00. The third-order valence-corrected chi connectivity index (χ3v) is 3.78. The van der Waals surface area contributed by atoms with Gasteiger partial charge in [0.2, 0.25) is 9.05 Å². The van der Waals surface area contributed by atoms with Gasteiger partial charge in [-0.2, -0.15) is 5.26 Å². The predicted molar refractivity (Wildman–Crippen MR) is 54.4 cm³/mol. The molecule has 0 aromatic heterocycles. The molecule has 0 amide bonds. The molecule has 4 nitrogen and oxygen atoms in total. The van der Waals surface area contributed by atoms with Gasteiger partial charge in [0.05, 0.1) is 17.2 Å². The summed E-state index contributed by atoms with van der Waals surface area (Å²) in [4.78, 5) is 0. The molecule has 0 atom stereocenters. The van der Waals surface area contributed by atoms with Crippen molar-refractivity contribution in [2.24, 2.45) is 5.41 Å². The minimum Gasteiger partial charge on any atom is -0.317 e. The van der Waals surface area contributed by atoms with Crippen LogP contribution in [0.4, 0.5) is 0 Å². The van der Waals surface area contributed by atoms with Gasteiger partial charge in [0.25, 0.3) is 0 Å². The Bertz CT molecular complexity index is 328. The molecule has 80 valence electrons. The van der Waals surface area contributed by atoms with E-state index in [-0.39, 0.29) is 5.75 Å². The first-order chi connectivity index (χ1) is 6.47. The van der Waals surface area contributed by atoms with Crippen LogP contribution in [0.15, 0.2) is 0 Å². The molecular formula is C8H13ClN2O2S. The molecule has 1 aliphatic heterocycles. The second kappa shape index (κ2) is 4.47. The fraction of sp³-hybridized carbons (Fsp3) is 0.875. The number of halogens is 1. The summed E-state index contributed by atoms with van der Waals surface area (Å²) in [5.41, 5.74) is -0.493. The van der Waals surface area contributed by atoms with Crippen LogP contribution in [-0.2, 0) is 9.05 Å². The molecule has 1 N–H and O–H groups in total. The van der Waals surface area contributed by atoms with Crippen LogP contribution >= 0.6 is 10.7 Å². The Balaban J connectivity index is 2.58. The topological polar surface area (TPSA) is 70.0 Å². The first kappa shape index (κ1) is 11.8. The average molecular weight is 237 g/mol. The SMILES string of the molecule is N#CC1(CCS(=O)(=O)Cl)CCNCC1. The molecule has 1 saturated heterocycles. The van der Waals surface area contributed by atoms with Crippen LogP contribution in [0.2, 0.25) is 0 Å². The van der Waals surface area contributed by atoms with E-state index < -0.39 is 14.5 Å². The van der Waals surface area contributed by atoms with Crippen molar-refractivity contribution in [2.45, 2.75) is 19.3 Å². The highest BCUT2D eigenvalue weighted by Gasteiger charge is 2.32. The highest BCUT2D eigenvalue weighted by atomic mass is 35.7. The lowest BCUT2D eigenvalue weighted by Gasteiger charge is -2.30. The number of piperidine rings is 1. The van der Waals surface area contributed by atoms with Gasteiger partial charge in [-0.3, -0.25) is 0 Å². The second-order valence-electron chi connectivity index (χ2n) is 3.64. The Kier molecular flexibility index (Phi) is 3.76. The summed E-state index contributed by atoms with van der Waals surface area (Å²) in [5.74, 6) is -0.109. The van der Waals surface area contributed by atoms with E-state index in [2.05, 4.69) is 11.4 Å². The Labute approximate surface area is 88.7 Å². The van der Waals surface area contributed by atoms with Gasteiger partial charge in [-0.25, -0.2) is 8.42 Å². The number of nitriles is 1. The minimum absolute atomic E-state index is 0.109. The van der Waals surface area contributed by atoms with E-state index in [1.54, 1.807) is 0 Å². The molecule has 6 heteroatoms. The van der Waals surface area contributed by atoms with Gasteiger partial charge >= 0.3 is 0 Å². The normalized spacial score (nSPS) is 21.4. The van der Waals surface area contributed by atoms with E-state index in [9.17, 15) is 8.42 Å². The fourth-order valence-electron chi connectivity index (χ4n) is 1.64. The van der Waals surface area contributed by atoms with E-state index in [0.717, 1.165) is 13.1 Å². The van der Waals surface area contributed by atoms with E-state index in [0.29, 0.717) is 19.3 Å². The quantitative estimate of drug-likeness (QED) is 0.738. The van der Waals surface area contributed by atoms with Crippen molar-refractivity contribution < 1.29 is 8.42 Å². The van der Waals surface area contributed by atoms with E-state index >= 15 is 0 Å². The fourth-order valence-corrected chi connectivity index (χ4v) is 2.51. The molecule has 0 saturated carbocycles. The average Bonchev–Trinajstić information content (AvgIpc) is 2.15. The summed E-state index contributed by atoms with van der Waals surface area (Å²) in [7, 11) is 1.65. The molecule has 0 aromatic carbocycles. The van der Waals surface area contributed by atoms with Gasteiger partial charge in [0, 0.05) is 10.7 Å². The molecular weight excluding hydrogens is 224 g/mol. The molecule has 0 unspecified atom stereocenters. The standard InChI is InChI=1S/C8H13ClN2O2S/c9-14(12,13)6-3-8(7-10)1-4-11-5-2-8/h11H,1-6H2. The van der Waals surface area contributed by atoms with Crippen LogP contribution in [-0.4, -0.2) is 27.3 Å². The molecule has 0 radical (unpaired) electrons. The molecule has 1 rings (SSSR count). The number of hydrogen-bond donors (Lipinski definition) is 1. The van der Waals surface area contributed by atoms with Crippen molar-refractivity contribution in [1.29, 1.82) is 5.26 Å². The smallest absolute Gasteiger partial charge is 0.232 e. The third kappa shape index (κ3) is 3.45. The molecule has 0 aromatic rings. The van der Waals surface area contributed by atoms with E-state index in [1.165, 1.54) is 0 Å². The van der Waals surface area contributed by atoms with Crippen molar-refractivity contribution in [2.75, 3.05) is 18.8 Å². The number of nitrogens with zero attached hydrogens (tertiary/aromatic N) is 1. The molecule has 1 fully saturated rings. The van der Waals surface area contributed by atoms with Crippen molar-refractivity contribution in [1.82, 2.24) is 5.32 Å². The lowest BCUT2D eigenvalue weighted by Crippen LogP contribution is -2.36. The lowest BCUT2D eigenvalue weighted by molar-refractivity contribution is 0.274. The van der Waals surface area contributed by atoms with Crippen LogP contribution in [0, 0.1) is 16.7 Å². The molecule has 0 aliphatic carbocycles. The Morgan fingerprint density at radius 2 is 2.00 bits per heavy atom. The molecule has 0 spiro atoms. The lowest BCUT2D eigenvalue weighted by atomic mass is 9.78. The zero-order valence-electron chi connectivity index (χ0n) is 7.79. The largest absolute Gasteiger partial charge is 0.317 e. The summed E-state index contributed by atoms with van der Waals surface area (Å²) in [6.07, 6.45) is 1.75. The van der Waals surface area contributed by atoms with Crippen LogP contribution < -0.4 is 5.32 Å². The monoisotopic (exact) mass is 236 g/mol. The second-order valence-corrected chi connectivity index (χ2v) is 6.53. The van der Waals surface area contributed by atoms with Crippen LogP contribution in [0.3, 0.4) is 0 Å². The molecule has 14 heavy (non-hydrogen) atoms. The highest BCUT2D eigenvalue weighted by molar-refractivity contribution is 8.13. The number of nitrogens with one attached hydrogen (secondary N) is 1. The predicted octanol–water partition coefficient (Wildman–Crippen LogP) is 0.838. The maximum Gasteiger partial charge on any atom is 0.232 e. The van der Waals surface area contributed by atoms with Crippen molar-refractivity contribution in [3.63, 3.8) is 0 Å². The third-order valence-electron chi connectivity index (χ3n) is 2.62. The van der Waals surface area contributed by atoms with Crippen LogP contribution in [0.5, 0.6) is 0 Å². The number of hydrogen-bond acceptors (Lipinski definition) is 4. The summed E-state index contributed by atoms with van der Waals surface area (Å²) < 4.78 is 21.5. The minimum atomic E-state index is -3.47. The van der Waals surface area contributed by atoms with E-state index in [4.69, 9.17) is 15.9 Å². The van der Waals surface area contributed by atoms with Crippen molar-refractivity contribution in [3.8, 4) is 6.07 Å². The summed E-state index contributed by atoms with van der Waals surface area (Å²) in [5, 5.41) is 12.2. The molecule has 1 aliphatic rings.